The number of para-hydroxylation sites is 1. The van der Waals surface area contributed by atoms with E-state index in [4.69, 9.17) is 25.8 Å². The molecule has 0 spiro atoms. The molecule has 4 aromatic carbocycles. The monoisotopic (exact) mass is 488 g/mol. The van der Waals surface area contributed by atoms with Gasteiger partial charge in [-0.05, 0) is 54.9 Å². The predicted molar refractivity (Wildman–Crippen MR) is 143 cm³/mol. The van der Waals surface area contributed by atoms with E-state index in [-0.39, 0.29) is 0 Å². The Bertz CT molecular complexity index is 1210. The standard InChI is InChI=1S/C29H29ClN2O3/c1-33-28-18-26(35-25-10-6-9-24(17-25)32-23-7-4-3-5-8-23)19-29(34-2)27(28)20-31-16-15-21-11-13-22(30)14-12-21/h3-14,17-19,31-32H,15-16,20H2,1-2H3. The van der Waals surface area contributed by atoms with Crippen LogP contribution in [0.2, 0.25) is 5.02 Å². The highest BCUT2D eigenvalue weighted by Gasteiger charge is 2.14. The first kappa shape index (κ1) is 24.5. The van der Waals surface area contributed by atoms with E-state index < -0.39 is 0 Å². The molecule has 0 atom stereocenters. The first-order valence-corrected chi connectivity index (χ1v) is 11.8. The number of hydrogen-bond donors (Lipinski definition) is 2. The van der Waals surface area contributed by atoms with Crippen LogP contribution in [0.15, 0.2) is 91.0 Å². The Labute approximate surface area is 211 Å². The van der Waals surface area contributed by atoms with Gasteiger partial charge >= 0.3 is 0 Å². The molecule has 5 nitrogen and oxygen atoms in total. The van der Waals surface area contributed by atoms with Gasteiger partial charge in [0.25, 0.3) is 0 Å². The van der Waals surface area contributed by atoms with Crippen LogP contribution in [0.3, 0.4) is 0 Å². The zero-order valence-corrected chi connectivity index (χ0v) is 20.6. The largest absolute Gasteiger partial charge is 0.496 e. The van der Waals surface area contributed by atoms with Crippen molar-refractivity contribution in [2.24, 2.45) is 0 Å². The number of hydrogen-bond acceptors (Lipinski definition) is 5. The maximum atomic E-state index is 6.16. The third-order valence-corrected chi connectivity index (χ3v) is 5.77. The summed E-state index contributed by atoms with van der Waals surface area (Å²) in [6, 6.07) is 29.5. The van der Waals surface area contributed by atoms with Gasteiger partial charge < -0.3 is 24.8 Å². The Balaban J connectivity index is 1.43. The van der Waals surface area contributed by atoms with E-state index in [1.165, 1.54) is 5.56 Å². The van der Waals surface area contributed by atoms with Gasteiger partial charge in [0.05, 0.1) is 19.8 Å². The van der Waals surface area contributed by atoms with E-state index in [2.05, 4.69) is 10.6 Å². The van der Waals surface area contributed by atoms with Crippen molar-refractivity contribution >= 4 is 23.0 Å². The molecular formula is C29H29ClN2O3. The number of ether oxygens (including phenoxy) is 3. The summed E-state index contributed by atoms with van der Waals surface area (Å²) in [5, 5.41) is 7.60. The van der Waals surface area contributed by atoms with Crippen molar-refractivity contribution in [3.05, 3.63) is 107 Å². The minimum Gasteiger partial charge on any atom is -0.496 e. The summed E-state index contributed by atoms with van der Waals surface area (Å²) >= 11 is 5.97. The molecule has 0 amide bonds. The van der Waals surface area contributed by atoms with E-state index in [9.17, 15) is 0 Å². The van der Waals surface area contributed by atoms with Crippen molar-refractivity contribution in [3.63, 3.8) is 0 Å². The van der Waals surface area contributed by atoms with Crippen LogP contribution in [0, 0.1) is 0 Å². The minimum absolute atomic E-state index is 0.608. The molecule has 0 radical (unpaired) electrons. The summed E-state index contributed by atoms with van der Waals surface area (Å²) < 4.78 is 17.5. The molecular weight excluding hydrogens is 460 g/mol. The van der Waals surface area contributed by atoms with Crippen molar-refractivity contribution in [3.8, 4) is 23.0 Å². The van der Waals surface area contributed by atoms with Gasteiger partial charge in [0.2, 0.25) is 0 Å². The molecule has 0 aromatic heterocycles. The molecule has 2 N–H and O–H groups in total. The lowest BCUT2D eigenvalue weighted by molar-refractivity contribution is 0.375. The zero-order chi connectivity index (χ0) is 24.5. The van der Waals surface area contributed by atoms with Crippen molar-refractivity contribution in [1.29, 1.82) is 0 Å². The van der Waals surface area contributed by atoms with Crippen molar-refractivity contribution in [2.45, 2.75) is 13.0 Å². The van der Waals surface area contributed by atoms with Crippen LogP contribution in [-0.2, 0) is 13.0 Å². The van der Waals surface area contributed by atoms with Gasteiger partial charge in [-0.25, -0.2) is 0 Å². The SMILES string of the molecule is COc1cc(Oc2cccc(Nc3ccccc3)c2)cc(OC)c1CNCCc1ccc(Cl)cc1. The first-order valence-electron chi connectivity index (χ1n) is 11.4. The van der Waals surface area contributed by atoms with Gasteiger partial charge in [0.15, 0.2) is 0 Å². The van der Waals surface area contributed by atoms with Crippen LogP contribution in [0.1, 0.15) is 11.1 Å². The van der Waals surface area contributed by atoms with Gasteiger partial charge in [0, 0.05) is 41.1 Å². The van der Waals surface area contributed by atoms with E-state index in [1.54, 1.807) is 14.2 Å². The van der Waals surface area contributed by atoms with Crippen LogP contribution in [0.5, 0.6) is 23.0 Å². The lowest BCUT2D eigenvalue weighted by Gasteiger charge is -2.17. The fourth-order valence-electron chi connectivity index (χ4n) is 3.75. The maximum absolute atomic E-state index is 6.16. The molecule has 0 aliphatic carbocycles. The van der Waals surface area contributed by atoms with Crippen LogP contribution in [0.4, 0.5) is 11.4 Å². The second-order valence-electron chi connectivity index (χ2n) is 7.98. The molecule has 0 saturated heterocycles. The van der Waals surface area contributed by atoms with E-state index in [0.717, 1.165) is 34.9 Å². The molecule has 0 unspecified atom stereocenters. The molecule has 6 heteroatoms. The summed E-state index contributed by atoms with van der Waals surface area (Å²) in [6.07, 6.45) is 0.899. The minimum atomic E-state index is 0.608. The average molecular weight is 489 g/mol. The molecule has 0 heterocycles. The van der Waals surface area contributed by atoms with Crippen LogP contribution < -0.4 is 24.8 Å². The molecule has 0 aliphatic heterocycles. The van der Waals surface area contributed by atoms with Gasteiger partial charge in [-0.15, -0.1) is 0 Å². The molecule has 0 aliphatic rings. The molecule has 180 valence electrons. The normalized spacial score (nSPS) is 10.6. The second kappa shape index (κ2) is 12.2. The Morgan fingerprint density at radius 1 is 0.714 bits per heavy atom. The Morgan fingerprint density at radius 2 is 1.40 bits per heavy atom. The predicted octanol–water partition coefficient (Wildman–Crippen LogP) is 7.23. The number of benzene rings is 4. The Kier molecular flexibility index (Phi) is 8.49. The second-order valence-corrected chi connectivity index (χ2v) is 8.42. The van der Waals surface area contributed by atoms with Crippen molar-refractivity contribution < 1.29 is 14.2 Å². The maximum Gasteiger partial charge on any atom is 0.134 e. The fourth-order valence-corrected chi connectivity index (χ4v) is 3.88. The van der Waals surface area contributed by atoms with E-state index in [1.807, 2.05) is 91.0 Å². The highest BCUT2D eigenvalue weighted by atomic mass is 35.5. The van der Waals surface area contributed by atoms with Gasteiger partial charge in [0.1, 0.15) is 23.0 Å². The molecule has 0 bridgehead atoms. The highest BCUT2D eigenvalue weighted by Crippen LogP contribution is 2.36. The lowest BCUT2D eigenvalue weighted by atomic mass is 10.1. The Morgan fingerprint density at radius 3 is 2.09 bits per heavy atom. The molecule has 4 rings (SSSR count). The molecule has 4 aromatic rings. The molecule has 0 fully saturated rings. The van der Waals surface area contributed by atoms with Crippen LogP contribution >= 0.6 is 11.6 Å². The lowest BCUT2D eigenvalue weighted by Crippen LogP contribution is -2.17. The summed E-state index contributed by atoms with van der Waals surface area (Å²) in [4.78, 5) is 0. The quantitative estimate of drug-likeness (QED) is 0.218. The summed E-state index contributed by atoms with van der Waals surface area (Å²) in [7, 11) is 3.31. The van der Waals surface area contributed by atoms with Crippen LogP contribution in [-0.4, -0.2) is 20.8 Å². The van der Waals surface area contributed by atoms with Crippen molar-refractivity contribution in [2.75, 3.05) is 26.1 Å². The summed E-state index contributed by atoms with van der Waals surface area (Å²) in [6.45, 7) is 1.42. The molecule has 0 saturated carbocycles. The fraction of sp³-hybridized carbons (Fsp3) is 0.172. The van der Waals surface area contributed by atoms with Crippen molar-refractivity contribution in [1.82, 2.24) is 5.32 Å². The third kappa shape index (κ3) is 6.92. The number of rotatable bonds is 11. The number of methoxy groups -OCH3 is 2. The third-order valence-electron chi connectivity index (χ3n) is 5.52. The van der Waals surface area contributed by atoms with E-state index in [0.29, 0.717) is 29.5 Å². The number of halogens is 1. The Hall–Kier alpha value is -3.67. The van der Waals surface area contributed by atoms with Gasteiger partial charge in [-0.1, -0.05) is 48.0 Å². The van der Waals surface area contributed by atoms with Gasteiger partial charge in [-0.2, -0.15) is 0 Å². The zero-order valence-electron chi connectivity index (χ0n) is 19.9. The first-order chi connectivity index (χ1) is 17.1. The summed E-state index contributed by atoms with van der Waals surface area (Å²) in [5.41, 5.74) is 4.13. The highest BCUT2D eigenvalue weighted by molar-refractivity contribution is 6.30. The smallest absolute Gasteiger partial charge is 0.134 e. The number of anilines is 2. The number of nitrogens with one attached hydrogen (secondary N) is 2. The van der Waals surface area contributed by atoms with Gasteiger partial charge in [-0.3, -0.25) is 0 Å². The average Bonchev–Trinajstić information content (AvgIpc) is 2.88. The van der Waals surface area contributed by atoms with Crippen LogP contribution in [0.25, 0.3) is 0 Å². The summed E-state index contributed by atoms with van der Waals surface area (Å²) in [5.74, 6) is 2.76. The molecule has 35 heavy (non-hydrogen) atoms. The van der Waals surface area contributed by atoms with E-state index >= 15 is 0 Å². The topological polar surface area (TPSA) is 51.8 Å².